The van der Waals surface area contributed by atoms with Gasteiger partial charge in [0.15, 0.2) is 0 Å². The lowest BCUT2D eigenvalue weighted by molar-refractivity contribution is -0.385. The van der Waals surface area contributed by atoms with Gasteiger partial charge in [-0.25, -0.2) is 0 Å². The van der Waals surface area contributed by atoms with E-state index in [0.29, 0.717) is 16.7 Å². The van der Waals surface area contributed by atoms with Crippen LogP contribution in [0.3, 0.4) is 0 Å². The molecule has 0 fully saturated rings. The number of halogens is 3. The molecule has 0 saturated carbocycles. The second-order valence-corrected chi connectivity index (χ2v) is 12.6. The van der Waals surface area contributed by atoms with Crippen molar-refractivity contribution in [1.82, 2.24) is 0 Å². The summed E-state index contributed by atoms with van der Waals surface area (Å²) in [4.78, 5) is 33.6. The number of benzene rings is 3. The standard InChI is InChI=1S/C23H12Br3N3O6/c1-20-21(24)14-5-2-11(27(30)31)8-17(14)22(20,25)16-7-4-13(29(34)35)10-19(16)23(20,26)15-6-3-12(28(32)33)9-18(15)21/h2-10H,1H3/t20?,21-,22-,23-/m0/s1. The minimum absolute atomic E-state index is 0.1000. The molecule has 0 heterocycles. The molecule has 35 heavy (non-hydrogen) atoms. The van der Waals surface area contributed by atoms with Gasteiger partial charge in [0.2, 0.25) is 0 Å². The molecule has 0 spiro atoms. The SMILES string of the molecule is CC12[C@]3(Br)c4ccc([N+](=O)[O-])cc4[C@@]1(Br)c1ccc([N+](=O)[O-])cc1[C@@]2(Br)c1ccc([N+](=O)[O-])cc13. The van der Waals surface area contributed by atoms with E-state index in [1.807, 2.05) is 6.92 Å². The molecule has 9 nitrogen and oxygen atoms in total. The number of hydrogen-bond donors (Lipinski definition) is 0. The molecule has 3 atom stereocenters. The lowest BCUT2D eigenvalue weighted by Gasteiger charge is -2.45. The maximum Gasteiger partial charge on any atom is 0.269 e. The zero-order valence-corrected chi connectivity index (χ0v) is 22.4. The predicted octanol–water partition coefficient (Wildman–Crippen LogP) is 6.67. The van der Waals surface area contributed by atoms with Gasteiger partial charge in [0.25, 0.3) is 17.1 Å². The fraction of sp³-hybridized carbons (Fsp3) is 0.217. The summed E-state index contributed by atoms with van der Waals surface area (Å²) < 4.78 is -3.06. The average Bonchev–Trinajstić information content (AvgIpc) is 3.18. The van der Waals surface area contributed by atoms with Crippen LogP contribution in [0.15, 0.2) is 54.6 Å². The van der Waals surface area contributed by atoms with Crippen molar-refractivity contribution in [1.29, 1.82) is 0 Å². The molecule has 3 aromatic carbocycles. The van der Waals surface area contributed by atoms with E-state index in [1.54, 1.807) is 18.2 Å². The minimum atomic E-state index is -1.02. The van der Waals surface area contributed by atoms with Crippen LogP contribution in [0, 0.1) is 35.8 Å². The van der Waals surface area contributed by atoms with Gasteiger partial charge in [-0.15, -0.1) is 0 Å². The largest absolute Gasteiger partial charge is 0.269 e. The molecule has 0 saturated heterocycles. The Balaban J connectivity index is 1.84. The minimum Gasteiger partial charge on any atom is -0.258 e. The van der Waals surface area contributed by atoms with Crippen molar-refractivity contribution in [2.24, 2.45) is 5.41 Å². The van der Waals surface area contributed by atoms with Crippen LogP contribution >= 0.6 is 47.8 Å². The Morgan fingerprint density at radius 2 is 0.800 bits per heavy atom. The highest BCUT2D eigenvalue weighted by Crippen LogP contribution is 2.87. The van der Waals surface area contributed by atoms with Crippen molar-refractivity contribution < 1.29 is 14.8 Å². The molecule has 6 rings (SSSR count). The maximum atomic E-state index is 11.7. The van der Waals surface area contributed by atoms with E-state index in [0.717, 1.165) is 16.7 Å². The van der Waals surface area contributed by atoms with Gasteiger partial charge in [0.1, 0.15) is 0 Å². The molecular formula is C23H12Br3N3O6. The van der Waals surface area contributed by atoms with E-state index in [1.165, 1.54) is 36.4 Å². The fourth-order valence-electron chi connectivity index (χ4n) is 6.46. The first-order valence-corrected chi connectivity index (χ1v) is 12.7. The summed E-state index contributed by atoms with van der Waals surface area (Å²) in [5, 5.41) is 35.0. The Morgan fingerprint density at radius 1 is 0.543 bits per heavy atom. The Morgan fingerprint density at radius 3 is 1.03 bits per heavy atom. The van der Waals surface area contributed by atoms with Crippen LogP contribution in [0.2, 0.25) is 0 Å². The summed E-state index contributed by atoms with van der Waals surface area (Å²) in [7, 11) is 0. The van der Waals surface area contributed by atoms with Gasteiger partial charge in [0.05, 0.1) is 27.7 Å². The second-order valence-electron chi connectivity index (χ2n) is 9.06. The summed E-state index contributed by atoms with van der Waals surface area (Å²) in [5.41, 5.74) is 2.86. The van der Waals surface area contributed by atoms with E-state index >= 15 is 0 Å². The first-order chi connectivity index (χ1) is 16.3. The van der Waals surface area contributed by atoms with Gasteiger partial charge >= 0.3 is 0 Å². The lowest BCUT2D eigenvalue weighted by Crippen LogP contribution is -2.47. The van der Waals surface area contributed by atoms with Gasteiger partial charge < -0.3 is 0 Å². The summed E-state index contributed by atoms with van der Waals surface area (Å²) in [6.07, 6.45) is 0. The molecule has 0 aliphatic heterocycles. The second kappa shape index (κ2) is 6.54. The molecule has 3 aromatic rings. The highest BCUT2D eigenvalue weighted by atomic mass is 79.9. The monoisotopic (exact) mass is 663 g/mol. The van der Waals surface area contributed by atoms with Crippen LogP contribution in [-0.4, -0.2) is 14.8 Å². The van der Waals surface area contributed by atoms with Gasteiger partial charge in [0, 0.05) is 41.8 Å². The number of rotatable bonds is 3. The van der Waals surface area contributed by atoms with Crippen molar-refractivity contribution in [3.63, 3.8) is 0 Å². The topological polar surface area (TPSA) is 129 Å². The number of nitrogens with zero attached hydrogens (tertiary/aromatic N) is 3. The number of hydrogen-bond acceptors (Lipinski definition) is 6. The van der Waals surface area contributed by atoms with E-state index in [9.17, 15) is 30.3 Å². The molecule has 12 heteroatoms. The number of fused-ring (bicyclic) bond motifs is 9. The quantitative estimate of drug-likeness (QED) is 0.174. The van der Waals surface area contributed by atoms with Crippen molar-refractivity contribution in [3.05, 3.63) is 118 Å². The molecule has 0 amide bonds. The third-order valence-corrected chi connectivity index (χ3v) is 12.9. The van der Waals surface area contributed by atoms with E-state index in [-0.39, 0.29) is 17.1 Å². The van der Waals surface area contributed by atoms with E-state index in [4.69, 9.17) is 0 Å². The maximum absolute atomic E-state index is 11.7. The molecular weight excluding hydrogens is 654 g/mol. The highest BCUT2D eigenvalue weighted by molar-refractivity contribution is 9.11. The Hall–Kier alpha value is -2.70. The Bertz CT molecular complexity index is 1400. The van der Waals surface area contributed by atoms with Crippen LogP contribution in [0.4, 0.5) is 17.1 Å². The first-order valence-electron chi connectivity index (χ1n) is 10.3. The zero-order chi connectivity index (χ0) is 25.3. The lowest BCUT2D eigenvalue weighted by atomic mass is 9.70. The third kappa shape index (κ3) is 2.17. The van der Waals surface area contributed by atoms with Crippen molar-refractivity contribution in [3.8, 4) is 0 Å². The van der Waals surface area contributed by atoms with E-state index in [2.05, 4.69) is 47.8 Å². The van der Waals surface area contributed by atoms with Gasteiger partial charge in [-0.3, -0.25) is 30.3 Å². The van der Waals surface area contributed by atoms with Crippen molar-refractivity contribution in [2.45, 2.75) is 19.9 Å². The van der Waals surface area contributed by atoms with Crippen molar-refractivity contribution in [2.75, 3.05) is 0 Å². The molecule has 3 aliphatic carbocycles. The molecule has 0 radical (unpaired) electrons. The normalized spacial score (nSPS) is 30.9. The van der Waals surface area contributed by atoms with Gasteiger partial charge in [-0.05, 0) is 33.4 Å². The Labute approximate surface area is 222 Å². The number of nitro benzene ring substituents is 3. The number of non-ortho nitro benzene ring substituents is 3. The molecule has 0 N–H and O–H groups in total. The predicted molar refractivity (Wildman–Crippen MR) is 137 cm³/mol. The number of nitro groups is 3. The summed E-state index contributed by atoms with van der Waals surface area (Å²) in [6, 6.07) is 13.8. The van der Waals surface area contributed by atoms with Crippen LogP contribution in [0.1, 0.15) is 40.3 Å². The molecule has 176 valence electrons. The van der Waals surface area contributed by atoms with Crippen LogP contribution in [0.5, 0.6) is 0 Å². The molecule has 0 aromatic heterocycles. The van der Waals surface area contributed by atoms with Crippen LogP contribution in [-0.2, 0) is 13.0 Å². The molecule has 3 aliphatic rings. The summed E-state index contributed by atoms with van der Waals surface area (Å²) in [5.74, 6) is 0. The van der Waals surface area contributed by atoms with Gasteiger partial charge in [-0.2, -0.15) is 0 Å². The zero-order valence-electron chi connectivity index (χ0n) is 17.6. The van der Waals surface area contributed by atoms with Crippen molar-refractivity contribution >= 4 is 64.9 Å². The molecule has 0 unspecified atom stereocenters. The smallest absolute Gasteiger partial charge is 0.258 e. The van der Waals surface area contributed by atoms with Crippen LogP contribution < -0.4 is 0 Å². The summed E-state index contributed by atoms with van der Waals surface area (Å²) >= 11 is 11.9. The van der Waals surface area contributed by atoms with Gasteiger partial charge in [-0.1, -0.05) is 72.9 Å². The average molecular weight is 666 g/mol. The molecule has 0 bridgehead atoms. The first kappa shape index (κ1) is 22.7. The van der Waals surface area contributed by atoms with E-state index < -0.39 is 33.2 Å². The number of alkyl halides is 3. The fourth-order valence-corrected chi connectivity index (χ4v) is 11.1. The summed E-state index contributed by atoms with van der Waals surface area (Å²) in [6.45, 7) is 1.98. The third-order valence-electron chi connectivity index (χ3n) is 7.94. The Kier molecular flexibility index (Phi) is 4.25. The highest BCUT2D eigenvalue weighted by Gasteiger charge is 2.83. The van der Waals surface area contributed by atoms with Crippen LogP contribution in [0.25, 0.3) is 0 Å².